The summed E-state index contributed by atoms with van der Waals surface area (Å²) in [5.41, 5.74) is 2.71. The van der Waals surface area contributed by atoms with Crippen LogP contribution in [0, 0.1) is 5.82 Å². The molecule has 4 rings (SSSR count). The minimum absolute atomic E-state index is 0.233. The monoisotopic (exact) mass is 555 g/mol. The molecule has 0 spiro atoms. The van der Waals surface area contributed by atoms with Crippen LogP contribution in [-0.4, -0.2) is 56.4 Å². The third kappa shape index (κ3) is 7.43. The van der Waals surface area contributed by atoms with E-state index in [-0.39, 0.29) is 18.0 Å². The molecule has 0 aliphatic carbocycles. The first-order valence-electron chi connectivity index (χ1n) is 15.0. The molecule has 0 bridgehead atoms. The molecule has 1 aliphatic heterocycles. The summed E-state index contributed by atoms with van der Waals surface area (Å²) in [6.45, 7) is 9.29. The molecule has 0 saturated carbocycles. The highest BCUT2D eigenvalue weighted by Gasteiger charge is 2.44. The van der Waals surface area contributed by atoms with E-state index in [1.54, 1.807) is 13.2 Å². The fourth-order valence-corrected chi connectivity index (χ4v) is 5.29. The highest BCUT2D eigenvalue weighted by atomic mass is 19.1. The van der Waals surface area contributed by atoms with Crippen LogP contribution in [-0.2, 0) is 25.5 Å². The molecule has 6 nitrogen and oxygen atoms in total. The van der Waals surface area contributed by atoms with Crippen LogP contribution in [0.4, 0.5) is 4.39 Å². The highest BCUT2D eigenvalue weighted by molar-refractivity contribution is 5.85. The zero-order valence-corrected chi connectivity index (χ0v) is 24.6. The molecule has 0 amide bonds. The molecule has 3 aromatic rings. The molecule has 1 aromatic heterocycles. The average Bonchev–Trinajstić information content (AvgIpc) is 3.34. The molecule has 40 heavy (non-hydrogen) atoms. The zero-order chi connectivity index (χ0) is 28.3. The summed E-state index contributed by atoms with van der Waals surface area (Å²) in [5, 5.41) is 0.572. The molecule has 7 heteroatoms. The van der Waals surface area contributed by atoms with Gasteiger partial charge in [0.05, 0.1) is 19.2 Å². The maximum Gasteiger partial charge on any atom is 0.132 e. The van der Waals surface area contributed by atoms with E-state index in [9.17, 15) is 0 Å². The number of hydrogen-bond donors (Lipinski definition) is 0. The Bertz CT molecular complexity index is 1160. The van der Waals surface area contributed by atoms with Crippen molar-refractivity contribution in [1.29, 1.82) is 0 Å². The number of aromatic nitrogens is 1. The Morgan fingerprint density at radius 2 is 1.50 bits per heavy atom. The summed E-state index contributed by atoms with van der Waals surface area (Å²) in [7, 11) is 1.66. The van der Waals surface area contributed by atoms with Crippen molar-refractivity contribution in [3.8, 4) is 5.75 Å². The van der Waals surface area contributed by atoms with Crippen molar-refractivity contribution in [3.63, 3.8) is 0 Å². The second kappa shape index (κ2) is 15.5. The van der Waals surface area contributed by atoms with Gasteiger partial charge in [0, 0.05) is 43.5 Å². The second-order valence-corrected chi connectivity index (χ2v) is 10.6. The van der Waals surface area contributed by atoms with Gasteiger partial charge in [-0.25, -0.2) is 4.39 Å². The molecular formula is C33H46FNO5. The number of methoxy groups -OCH3 is 1. The predicted molar refractivity (Wildman–Crippen MR) is 157 cm³/mol. The van der Waals surface area contributed by atoms with Gasteiger partial charge in [0.25, 0.3) is 0 Å². The number of rotatable bonds is 16. The van der Waals surface area contributed by atoms with Crippen molar-refractivity contribution in [1.82, 2.24) is 4.57 Å². The molecule has 2 aromatic carbocycles. The van der Waals surface area contributed by atoms with Crippen molar-refractivity contribution in [2.24, 2.45) is 0 Å². The molecule has 220 valence electrons. The maximum atomic E-state index is 15.5. The third-order valence-electron chi connectivity index (χ3n) is 7.58. The minimum atomic E-state index is -0.481. The summed E-state index contributed by atoms with van der Waals surface area (Å²) >= 11 is 0. The van der Waals surface area contributed by atoms with Gasteiger partial charge in [-0.3, -0.25) is 0 Å². The van der Waals surface area contributed by atoms with E-state index in [0.717, 1.165) is 60.9 Å². The lowest BCUT2D eigenvalue weighted by molar-refractivity contribution is -0.232. The van der Waals surface area contributed by atoms with Crippen molar-refractivity contribution in [2.75, 3.05) is 33.5 Å². The Balaban J connectivity index is 1.70. The fourth-order valence-electron chi connectivity index (χ4n) is 5.29. The molecule has 1 aliphatic rings. The van der Waals surface area contributed by atoms with Crippen LogP contribution in [0.25, 0.3) is 10.9 Å². The Labute approximate surface area is 238 Å². The molecule has 2 heterocycles. The number of halogens is 1. The number of fused-ring (bicyclic) bond motifs is 1. The Morgan fingerprint density at radius 3 is 2.15 bits per heavy atom. The van der Waals surface area contributed by atoms with Gasteiger partial charge in [0.15, 0.2) is 0 Å². The fraction of sp³-hybridized carbons (Fsp3) is 0.576. The molecule has 0 unspecified atom stereocenters. The largest absolute Gasteiger partial charge is 0.497 e. The van der Waals surface area contributed by atoms with E-state index in [2.05, 4.69) is 25.3 Å². The lowest BCUT2D eigenvalue weighted by Crippen LogP contribution is -2.53. The van der Waals surface area contributed by atoms with Crippen LogP contribution < -0.4 is 4.74 Å². The van der Waals surface area contributed by atoms with Crippen LogP contribution >= 0.6 is 0 Å². The topological polar surface area (TPSA) is 51.1 Å². The average molecular weight is 556 g/mol. The van der Waals surface area contributed by atoms with Gasteiger partial charge in [-0.1, -0.05) is 58.2 Å². The minimum Gasteiger partial charge on any atom is -0.497 e. The first-order chi connectivity index (χ1) is 19.6. The van der Waals surface area contributed by atoms with Gasteiger partial charge >= 0.3 is 0 Å². The summed E-state index contributed by atoms with van der Waals surface area (Å²) in [4.78, 5) is 0. The maximum absolute atomic E-state index is 15.5. The SMILES string of the molecule is CCCCO[C@@H]1[C@@H](OCCCC)[C@H](c2cn(Cc3ccc(OC)cc3)c3cccc(F)c23)OC[C@H]1OCCCC. The molecular weight excluding hydrogens is 509 g/mol. The first kappa shape index (κ1) is 30.5. The van der Waals surface area contributed by atoms with Gasteiger partial charge in [0.2, 0.25) is 0 Å². The van der Waals surface area contributed by atoms with Gasteiger partial charge in [-0.15, -0.1) is 0 Å². The Kier molecular flexibility index (Phi) is 11.8. The first-order valence-corrected chi connectivity index (χ1v) is 15.0. The van der Waals surface area contributed by atoms with Gasteiger partial charge in [0.1, 0.15) is 36.0 Å². The number of ether oxygens (including phenoxy) is 5. The van der Waals surface area contributed by atoms with Crippen LogP contribution in [0.5, 0.6) is 5.75 Å². The second-order valence-electron chi connectivity index (χ2n) is 10.6. The van der Waals surface area contributed by atoms with E-state index in [0.29, 0.717) is 38.4 Å². The Morgan fingerprint density at radius 1 is 0.850 bits per heavy atom. The summed E-state index contributed by atoms with van der Waals surface area (Å²) in [6.07, 6.45) is 6.59. The predicted octanol–water partition coefficient (Wildman–Crippen LogP) is 7.46. The van der Waals surface area contributed by atoms with Crippen LogP contribution in [0.3, 0.4) is 0 Å². The summed E-state index contributed by atoms with van der Waals surface area (Å²) in [5.74, 6) is 0.544. The van der Waals surface area contributed by atoms with E-state index in [1.165, 1.54) is 6.07 Å². The van der Waals surface area contributed by atoms with Gasteiger partial charge < -0.3 is 28.3 Å². The highest BCUT2D eigenvalue weighted by Crippen LogP contribution is 2.39. The lowest BCUT2D eigenvalue weighted by Gasteiger charge is -2.42. The summed E-state index contributed by atoms with van der Waals surface area (Å²) < 4.78 is 48.8. The number of benzene rings is 2. The Hall–Kier alpha value is -2.45. The van der Waals surface area contributed by atoms with Crippen LogP contribution in [0.15, 0.2) is 48.7 Å². The zero-order valence-electron chi connectivity index (χ0n) is 24.6. The number of unbranched alkanes of at least 4 members (excludes halogenated alkanes) is 3. The molecule has 1 saturated heterocycles. The molecule has 1 fully saturated rings. The number of hydrogen-bond acceptors (Lipinski definition) is 5. The standard InChI is InChI=1S/C33H46FNO5/c1-5-8-18-37-29-23-40-31(33(39-20-10-7-3)32(29)38-19-9-6-2)26-22-35(28-13-11-12-27(34)30(26)28)21-24-14-16-25(36-4)17-15-24/h11-17,22,29,31-33H,5-10,18-21,23H2,1-4H3/t29-,31+,32+,33+/m1/s1. The van der Waals surface area contributed by atoms with E-state index in [4.69, 9.17) is 23.7 Å². The van der Waals surface area contributed by atoms with E-state index < -0.39 is 12.2 Å². The van der Waals surface area contributed by atoms with Crippen LogP contribution in [0.2, 0.25) is 0 Å². The van der Waals surface area contributed by atoms with E-state index in [1.807, 2.05) is 36.5 Å². The number of nitrogens with zero attached hydrogens (tertiary/aromatic N) is 1. The summed E-state index contributed by atoms with van der Waals surface area (Å²) in [6, 6.07) is 13.2. The van der Waals surface area contributed by atoms with Crippen molar-refractivity contribution < 1.29 is 28.1 Å². The van der Waals surface area contributed by atoms with Crippen molar-refractivity contribution in [2.45, 2.75) is 90.3 Å². The molecule has 4 atom stereocenters. The normalized spacial score (nSPS) is 21.2. The van der Waals surface area contributed by atoms with Crippen LogP contribution in [0.1, 0.15) is 76.5 Å². The lowest BCUT2D eigenvalue weighted by atomic mass is 9.93. The quantitative estimate of drug-likeness (QED) is 0.172. The van der Waals surface area contributed by atoms with Crippen molar-refractivity contribution >= 4 is 10.9 Å². The van der Waals surface area contributed by atoms with Gasteiger partial charge in [-0.05, 0) is 49.1 Å². The van der Waals surface area contributed by atoms with Gasteiger partial charge in [-0.2, -0.15) is 0 Å². The van der Waals surface area contributed by atoms with Crippen molar-refractivity contribution in [3.05, 3.63) is 65.6 Å². The molecule has 0 N–H and O–H groups in total. The third-order valence-corrected chi connectivity index (χ3v) is 7.58. The molecule has 0 radical (unpaired) electrons. The van der Waals surface area contributed by atoms with E-state index >= 15 is 4.39 Å². The smallest absolute Gasteiger partial charge is 0.132 e.